The first-order chi connectivity index (χ1) is 20.4. The molecule has 0 heterocycles. The SMILES string of the molecule is CC(C)(C)[Si](C)(C)Oc1ccc(CCO[P+](=O)C[C@@H](CCC(=O)OCc2ccccc2)C(=O)OCc2ccccc2)cc1. The second kappa shape index (κ2) is 16.5. The average Bonchev–Trinajstić information content (AvgIpc) is 2.98. The molecule has 7 nitrogen and oxygen atoms in total. The number of carbonyl (C=O) groups excluding carboxylic acids is 2. The number of benzene rings is 3. The van der Waals surface area contributed by atoms with Gasteiger partial charge in [-0.15, -0.1) is 4.52 Å². The zero-order valence-corrected chi connectivity index (χ0v) is 27.8. The van der Waals surface area contributed by atoms with Crippen molar-refractivity contribution in [2.24, 2.45) is 5.92 Å². The molecule has 0 aromatic heterocycles. The zero-order chi connectivity index (χ0) is 31.3. The van der Waals surface area contributed by atoms with Crippen LogP contribution in [0.25, 0.3) is 0 Å². The number of rotatable bonds is 16. The van der Waals surface area contributed by atoms with E-state index in [1.165, 1.54) is 0 Å². The molecule has 0 aliphatic heterocycles. The van der Waals surface area contributed by atoms with Gasteiger partial charge in [-0.05, 0) is 57.9 Å². The number of hydrogen-bond acceptors (Lipinski definition) is 7. The van der Waals surface area contributed by atoms with E-state index in [0.29, 0.717) is 6.42 Å². The Hall–Kier alpha value is -3.32. The molecule has 9 heteroatoms. The van der Waals surface area contributed by atoms with Crippen LogP contribution in [0.1, 0.15) is 50.3 Å². The minimum Gasteiger partial charge on any atom is -0.544 e. The van der Waals surface area contributed by atoms with Gasteiger partial charge in [-0.2, -0.15) is 0 Å². The van der Waals surface area contributed by atoms with Gasteiger partial charge >= 0.3 is 20.0 Å². The molecule has 3 rings (SSSR count). The Morgan fingerprint density at radius 2 is 1.35 bits per heavy atom. The maximum atomic E-state index is 13.0. The average molecular weight is 624 g/mol. The molecule has 43 heavy (non-hydrogen) atoms. The van der Waals surface area contributed by atoms with Crippen LogP contribution >= 0.6 is 8.03 Å². The monoisotopic (exact) mass is 623 g/mol. The summed E-state index contributed by atoms with van der Waals surface area (Å²) >= 11 is 0. The van der Waals surface area contributed by atoms with Crippen LogP contribution < -0.4 is 4.43 Å². The summed E-state index contributed by atoms with van der Waals surface area (Å²) < 4.78 is 35.7. The van der Waals surface area contributed by atoms with Gasteiger partial charge in [-0.25, -0.2) is 0 Å². The highest BCUT2D eigenvalue weighted by atomic mass is 31.1. The van der Waals surface area contributed by atoms with E-state index in [0.717, 1.165) is 22.4 Å². The molecule has 1 unspecified atom stereocenters. The van der Waals surface area contributed by atoms with Crippen molar-refractivity contribution in [3.05, 3.63) is 102 Å². The minimum absolute atomic E-state index is 0.00437. The third-order valence-corrected chi connectivity index (χ3v) is 13.2. The van der Waals surface area contributed by atoms with Crippen molar-refractivity contribution in [1.82, 2.24) is 0 Å². The fraction of sp³-hybridized carbons (Fsp3) is 0.412. The molecule has 230 valence electrons. The van der Waals surface area contributed by atoms with E-state index >= 15 is 0 Å². The van der Waals surface area contributed by atoms with E-state index in [2.05, 4.69) is 33.9 Å². The number of hydrogen-bond donors (Lipinski definition) is 0. The van der Waals surface area contributed by atoms with Crippen LogP contribution in [0.2, 0.25) is 18.1 Å². The van der Waals surface area contributed by atoms with Gasteiger partial charge in [0.2, 0.25) is 8.32 Å². The van der Waals surface area contributed by atoms with Crippen LogP contribution in [0.15, 0.2) is 84.9 Å². The fourth-order valence-electron chi connectivity index (χ4n) is 3.90. The van der Waals surface area contributed by atoms with Crippen molar-refractivity contribution < 1.29 is 32.6 Å². The van der Waals surface area contributed by atoms with Crippen molar-refractivity contribution in [2.75, 3.05) is 12.8 Å². The van der Waals surface area contributed by atoms with Crippen molar-refractivity contribution in [3.63, 3.8) is 0 Å². The number of carbonyl (C=O) groups is 2. The van der Waals surface area contributed by atoms with Gasteiger partial charge in [0, 0.05) is 12.8 Å². The highest BCUT2D eigenvalue weighted by Crippen LogP contribution is 2.37. The Bertz CT molecular complexity index is 1310. The summed E-state index contributed by atoms with van der Waals surface area (Å²) in [5.41, 5.74) is 2.76. The summed E-state index contributed by atoms with van der Waals surface area (Å²) in [6, 6.07) is 26.6. The zero-order valence-electron chi connectivity index (χ0n) is 25.9. The fourth-order valence-corrected chi connectivity index (χ4v) is 6.03. The maximum Gasteiger partial charge on any atom is 0.508 e. The Balaban J connectivity index is 1.50. The van der Waals surface area contributed by atoms with Crippen molar-refractivity contribution >= 4 is 28.3 Å². The van der Waals surface area contributed by atoms with Crippen LogP contribution in [0.5, 0.6) is 5.75 Å². The molecule has 0 saturated carbocycles. The Kier molecular flexibility index (Phi) is 13.1. The maximum absolute atomic E-state index is 13.0. The Morgan fingerprint density at radius 3 is 1.91 bits per heavy atom. The van der Waals surface area contributed by atoms with Gasteiger partial charge in [-0.3, -0.25) is 9.59 Å². The third-order valence-electron chi connectivity index (χ3n) is 7.59. The lowest BCUT2D eigenvalue weighted by Gasteiger charge is -2.36. The summed E-state index contributed by atoms with van der Waals surface area (Å²) in [7, 11) is -4.07. The van der Waals surface area contributed by atoms with Crippen molar-refractivity contribution in [1.29, 1.82) is 0 Å². The molecule has 2 atom stereocenters. The van der Waals surface area contributed by atoms with E-state index in [1.807, 2.05) is 84.9 Å². The van der Waals surface area contributed by atoms with Gasteiger partial charge in [0.05, 0.1) is 0 Å². The van der Waals surface area contributed by atoms with Crippen LogP contribution in [0.3, 0.4) is 0 Å². The highest BCUT2D eigenvalue weighted by molar-refractivity contribution is 7.39. The predicted octanol–water partition coefficient (Wildman–Crippen LogP) is 8.26. The minimum atomic E-state index is -2.15. The lowest BCUT2D eigenvalue weighted by atomic mass is 10.1. The van der Waals surface area contributed by atoms with Gasteiger partial charge < -0.3 is 13.9 Å². The summed E-state index contributed by atoms with van der Waals surface area (Å²) in [6.45, 7) is 11.5. The molecular formula is C34H44O7PSi+. The molecule has 0 N–H and O–H groups in total. The second-order valence-electron chi connectivity index (χ2n) is 12.1. The standard InChI is InChI=1S/C34H44O7PSi/c1-34(2,3)43(4,5)41-31-19-16-27(17-20-31)22-23-40-42(37)26-30(33(36)39-25-29-14-10-7-11-15-29)18-21-32(35)38-24-28-12-8-6-9-13-28/h6-17,19-20,30H,18,21-26H2,1-5H3/q+1/t30-/m1/s1. The van der Waals surface area contributed by atoms with Gasteiger partial charge in [0.25, 0.3) is 0 Å². The molecule has 0 aliphatic rings. The topological polar surface area (TPSA) is 88.1 Å². The van der Waals surface area contributed by atoms with Crippen LogP contribution in [0.4, 0.5) is 0 Å². The lowest BCUT2D eigenvalue weighted by molar-refractivity contribution is -0.150. The largest absolute Gasteiger partial charge is 0.544 e. The first-order valence-electron chi connectivity index (χ1n) is 14.7. The lowest BCUT2D eigenvalue weighted by Crippen LogP contribution is -2.43. The summed E-state index contributed by atoms with van der Waals surface area (Å²) in [4.78, 5) is 25.4. The van der Waals surface area contributed by atoms with Crippen molar-refractivity contribution in [2.45, 2.75) is 71.4 Å². The van der Waals surface area contributed by atoms with Gasteiger partial charge in [0.15, 0.2) is 6.16 Å². The summed E-state index contributed by atoms with van der Waals surface area (Å²) in [5.74, 6) is -0.851. The number of ether oxygens (including phenoxy) is 2. The highest BCUT2D eigenvalue weighted by Gasteiger charge is 2.39. The predicted molar refractivity (Wildman–Crippen MR) is 172 cm³/mol. The molecule has 0 fully saturated rings. The van der Waals surface area contributed by atoms with E-state index in [4.69, 9.17) is 18.4 Å². The Labute approximate surface area is 257 Å². The smallest absolute Gasteiger partial charge is 0.508 e. The summed E-state index contributed by atoms with van der Waals surface area (Å²) in [5, 5.41) is 0.110. The van der Waals surface area contributed by atoms with Crippen molar-refractivity contribution in [3.8, 4) is 5.75 Å². The molecule has 3 aromatic carbocycles. The second-order valence-corrected chi connectivity index (χ2v) is 18.1. The Morgan fingerprint density at radius 1 is 0.791 bits per heavy atom. The van der Waals surface area contributed by atoms with E-state index in [9.17, 15) is 14.2 Å². The molecule has 3 aromatic rings. The molecule has 0 aliphatic carbocycles. The van der Waals surface area contributed by atoms with E-state index < -0.39 is 34.2 Å². The molecular weight excluding hydrogens is 579 g/mol. The molecule has 0 spiro atoms. The first-order valence-corrected chi connectivity index (χ1v) is 19.0. The third kappa shape index (κ3) is 12.1. The first kappa shape index (κ1) is 34.2. The van der Waals surface area contributed by atoms with Gasteiger partial charge in [-0.1, -0.05) is 93.6 Å². The molecule has 0 saturated heterocycles. The summed E-state index contributed by atoms with van der Waals surface area (Å²) in [6.07, 6.45) is 0.691. The normalized spacial score (nSPS) is 12.7. The molecule has 0 amide bonds. The van der Waals surface area contributed by atoms with E-state index in [1.54, 1.807) is 0 Å². The number of esters is 2. The van der Waals surface area contributed by atoms with Crippen LogP contribution in [-0.2, 0) is 47.8 Å². The van der Waals surface area contributed by atoms with Crippen LogP contribution in [-0.4, -0.2) is 33.0 Å². The molecule has 0 radical (unpaired) electrons. The quantitative estimate of drug-likeness (QED) is 0.0902. The van der Waals surface area contributed by atoms with Gasteiger partial charge in [0.1, 0.15) is 31.5 Å². The molecule has 0 bridgehead atoms. The van der Waals surface area contributed by atoms with Crippen LogP contribution in [0, 0.1) is 5.92 Å². The van der Waals surface area contributed by atoms with E-state index in [-0.39, 0.29) is 43.9 Å².